The van der Waals surface area contributed by atoms with E-state index in [9.17, 15) is 4.79 Å². The van der Waals surface area contributed by atoms with Gasteiger partial charge in [0.1, 0.15) is 5.15 Å². The van der Waals surface area contributed by atoms with Crippen molar-refractivity contribution < 1.29 is 9.90 Å². The van der Waals surface area contributed by atoms with Gasteiger partial charge in [-0.15, -0.1) is 0 Å². The third-order valence-electron chi connectivity index (χ3n) is 2.17. The first kappa shape index (κ1) is 13.1. The third kappa shape index (κ3) is 2.41. The zero-order valence-electron chi connectivity index (χ0n) is 8.69. The molecule has 0 fully saturated rings. The maximum atomic E-state index is 10.9. The van der Waals surface area contributed by atoms with E-state index in [2.05, 4.69) is 9.97 Å². The molecule has 0 radical (unpaired) electrons. The number of nitrogens with zero attached hydrogens (tertiary/aromatic N) is 2. The molecule has 4 nitrogen and oxygen atoms in total. The van der Waals surface area contributed by atoms with Gasteiger partial charge in [0.25, 0.3) is 0 Å². The number of hydrogen-bond donors (Lipinski definition) is 1. The lowest BCUT2D eigenvalue weighted by Crippen LogP contribution is -2.02. The molecule has 0 aromatic carbocycles. The number of aromatic carboxylic acids is 1. The molecule has 0 aliphatic heterocycles. The van der Waals surface area contributed by atoms with Gasteiger partial charge in [0.2, 0.25) is 0 Å². The lowest BCUT2D eigenvalue weighted by Gasteiger charge is -2.06. The van der Waals surface area contributed by atoms with E-state index in [0.29, 0.717) is 11.3 Å². The van der Waals surface area contributed by atoms with Gasteiger partial charge in [-0.2, -0.15) is 0 Å². The second-order valence-corrected chi connectivity index (χ2v) is 4.44. The van der Waals surface area contributed by atoms with Gasteiger partial charge in [0, 0.05) is 11.8 Å². The van der Waals surface area contributed by atoms with Crippen molar-refractivity contribution in [3.63, 3.8) is 0 Å². The normalized spacial score (nSPS) is 10.4. The predicted molar refractivity (Wildman–Crippen MR) is 69.5 cm³/mol. The Labute approximate surface area is 117 Å². The summed E-state index contributed by atoms with van der Waals surface area (Å²) in [4.78, 5) is 18.7. The predicted octanol–water partition coefficient (Wildman–Crippen LogP) is 3.80. The summed E-state index contributed by atoms with van der Waals surface area (Å²) in [5.41, 5.74) is 0.625. The highest BCUT2D eigenvalue weighted by molar-refractivity contribution is 6.43. The smallest absolute Gasteiger partial charge is 0.356 e. The van der Waals surface area contributed by atoms with Crippen LogP contribution in [0.5, 0.6) is 0 Å². The molecule has 0 bridgehead atoms. The van der Waals surface area contributed by atoms with E-state index in [1.165, 1.54) is 12.3 Å². The number of carboxylic acids is 1. The quantitative estimate of drug-likeness (QED) is 0.857. The second-order valence-electron chi connectivity index (χ2n) is 3.30. The van der Waals surface area contributed by atoms with Crippen LogP contribution in [0.15, 0.2) is 24.4 Å². The molecule has 0 unspecified atom stereocenters. The zero-order valence-corrected chi connectivity index (χ0v) is 11.0. The fourth-order valence-corrected chi connectivity index (χ4v) is 1.91. The van der Waals surface area contributed by atoms with Crippen LogP contribution in [0.1, 0.15) is 10.5 Å². The van der Waals surface area contributed by atoms with Gasteiger partial charge in [-0.3, -0.25) is 0 Å². The Morgan fingerprint density at radius 3 is 2.56 bits per heavy atom. The maximum Gasteiger partial charge on any atom is 0.356 e. The first-order valence-electron chi connectivity index (χ1n) is 4.71. The summed E-state index contributed by atoms with van der Waals surface area (Å²) in [6.07, 6.45) is 1.46. The molecule has 2 heterocycles. The van der Waals surface area contributed by atoms with Crippen LogP contribution >= 0.6 is 34.8 Å². The van der Waals surface area contributed by atoms with Gasteiger partial charge in [0.15, 0.2) is 5.69 Å². The van der Waals surface area contributed by atoms with E-state index in [1.54, 1.807) is 12.1 Å². The summed E-state index contributed by atoms with van der Waals surface area (Å²) < 4.78 is 0. The largest absolute Gasteiger partial charge is 0.476 e. The molecule has 0 aliphatic carbocycles. The van der Waals surface area contributed by atoms with Gasteiger partial charge >= 0.3 is 5.97 Å². The molecular formula is C11H5Cl3N2O2. The molecule has 2 aromatic heterocycles. The van der Waals surface area contributed by atoms with Gasteiger partial charge in [-0.25, -0.2) is 14.8 Å². The van der Waals surface area contributed by atoms with Crippen LogP contribution in [-0.4, -0.2) is 21.0 Å². The van der Waals surface area contributed by atoms with Crippen LogP contribution in [-0.2, 0) is 0 Å². The highest BCUT2D eigenvalue weighted by Gasteiger charge is 2.15. The first-order chi connectivity index (χ1) is 8.50. The van der Waals surface area contributed by atoms with Crippen molar-refractivity contribution in [3.8, 4) is 11.3 Å². The van der Waals surface area contributed by atoms with E-state index in [1.807, 2.05) is 0 Å². The Balaban J connectivity index is 2.62. The Morgan fingerprint density at radius 1 is 1.17 bits per heavy atom. The molecule has 0 saturated carbocycles. The molecule has 2 aromatic rings. The SMILES string of the molecule is O=C(O)c1nc(-c2ccnc(Cl)c2Cl)ccc1Cl. The lowest BCUT2D eigenvalue weighted by atomic mass is 10.1. The summed E-state index contributed by atoms with van der Waals surface area (Å²) in [5, 5.41) is 9.34. The van der Waals surface area contributed by atoms with E-state index < -0.39 is 5.97 Å². The van der Waals surface area contributed by atoms with Crippen LogP contribution in [0.3, 0.4) is 0 Å². The molecular weight excluding hydrogens is 298 g/mol. The average molecular weight is 304 g/mol. The minimum atomic E-state index is -1.21. The third-order valence-corrected chi connectivity index (χ3v) is 3.24. The fraction of sp³-hybridized carbons (Fsp3) is 0. The van der Waals surface area contributed by atoms with Gasteiger partial charge in [-0.05, 0) is 18.2 Å². The van der Waals surface area contributed by atoms with Crippen LogP contribution in [0.4, 0.5) is 0 Å². The molecule has 1 N–H and O–H groups in total. The summed E-state index contributed by atoms with van der Waals surface area (Å²) >= 11 is 17.5. The molecule has 0 saturated heterocycles. The molecule has 18 heavy (non-hydrogen) atoms. The lowest BCUT2D eigenvalue weighted by molar-refractivity contribution is 0.0691. The van der Waals surface area contributed by atoms with E-state index in [0.717, 1.165) is 0 Å². The van der Waals surface area contributed by atoms with Crippen molar-refractivity contribution in [3.05, 3.63) is 45.3 Å². The van der Waals surface area contributed by atoms with Crippen LogP contribution < -0.4 is 0 Å². The van der Waals surface area contributed by atoms with Crippen molar-refractivity contribution in [2.24, 2.45) is 0 Å². The van der Waals surface area contributed by atoms with Crippen molar-refractivity contribution in [2.45, 2.75) is 0 Å². The summed E-state index contributed by atoms with van der Waals surface area (Å²) in [6, 6.07) is 4.60. The Kier molecular flexibility index (Phi) is 3.71. The molecule has 7 heteroatoms. The van der Waals surface area contributed by atoms with E-state index in [-0.39, 0.29) is 20.9 Å². The van der Waals surface area contributed by atoms with Crippen molar-refractivity contribution in [1.29, 1.82) is 0 Å². The Bertz CT molecular complexity index is 632. The van der Waals surface area contributed by atoms with Crippen molar-refractivity contribution in [1.82, 2.24) is 9.97 Å². The van der Waals surface area contributed by atoms with Crippen LogP contribution in [0.25, 0.3) is 11.3 Å². The van der Waals surface area contributed by atoms with Gasteiger partial charge < -0.3 is 5.11 Å². The van der Waals surface area contributed by atoms with Gasteiger partial charge in [0.05, 0.1) is 15.7 Å². The number of pyridine rings is 2. The topological polar surface area (TPSA) is 63.1 Å². The molecule has 2 rings (SSSR count). The van der Waals surface area contributed by atoms with E-state index >= 15 is 0 Å². The number of carboxylic acid groups (broad SMARTS) is 1. The number of aromatic nitrogens is 2. The number of rotatable bonds is 2. The highest BCUT2D eigenvalue weighted by atomic mass is 35.5. The monoisotopic (exact) mass is 302 g/mol. The number of hydrogen-bond acceptors (Lipinski definition) is 3. The average Bonchev–Trinajstić information content (AvgIpc) is 2.33. The van der Waals surface area contributed by atoms with E-state index in [4.69, 9.17) is 39.9 Å². The molecule has 0 atom stereocenters. The molecule has 0 amide bonds. The first-order valence-corrected chi connectivity index (χ1v) is 5.84. The van der Waals surface area contributed by atoms with Crippen molar-refractivity contribution >= 4 is 40.8 Å². The van der Waals surface area contributed by atoms with Crippen molar-refractivity contribution in [2.75, 3.05) is 0 Å². The minimum absolute atomic E-state index is 0.0579. The molecule has 0 spiro atoms. The summed E-state index contributed by atoms with van der Waals surface area (Å²) in [6.45, 7) is 0. The summed E-state index contributed by atoms with van der Waals surface area (Å²) in [5.74, 6) is -1.21. The molecule has 0 aliphatic rings. The summed E-state index contributed by atoms with van der Waals surface area (Å²) in [7, 11) is 0. The second kappa shape index (κ2) is 5.10. The zero-order chi connectivity index (χ0) is 13.3. The van der Waals surface area contributed by atoms with Crippen LogP contribution in [0, 0.1) is 0 Å². The maximum absolute atomic E-state index is 10.9. The number of halogens is 3. The number of carbonyl (C=O) groups is 1. The Morgan fingerprint density at radius 2 is 1.89 bits per heavy atom. The standard InChI is InChI=1S/C11H5Cl3N2O2/c12-6-1-2-7(16-9(6)11(17)18)5-3-4-15-10(14)8(5)13/h1-4H,(H,17,18). The Hall–Kier alpha value is -1.36. The van der Waals surface area contributed by atoms with Gasteiger partial charge in [-0.1, -0.05) is 34.8 Å². The fourth-order valence-electron chi connectivity index (χ4n) is 1.36. The highest BCUT2D eigenvalue weighted by Crippen LogP contribution is 2.31. The minimum Gasteiger partial charge on any atom is -0.476 e. The van der Waals surface area contributed by atoms with Crippen LogP contribution in [0.2, 0.25) is 15.2 Å². The molecule has 92 valence electrons.